The first-order valence-corrected chi connectivity index (χ1v) is 6.99. The van der Waals surface area contributed by atoms with Crippen LogP contribution in [-0.4, -0.2) is 30.6 Å². The molecule has 1 aromatic rings. The molecule has 5 nitrogen and oxygen atoms in total. The minimum Gasteiger partial charge on any atom is -0.390 e. The van der Waals surface area contributed by atoms with Crippen LogP contribution in [0.4, 0.5) is 0 Å². The number of aliphatic hydroxyl groups is 2. The Morgan fingerprint density at radius 3 is 2.18 bits per heavy atom. The zero-order chi connectivity index (χ0) is 13.1. The molecule has 1 aromatic carbocycles. The molecule has 17 heavy (non-hydrogen) atoms. The van der Waals surface area contributed by atoms with Crippen LogP contribution in [0.25, 0.3) is 0 Å². The van der Waals surface area contributed by atoms with Crippen molar-refractivity contribution in [1.82, 2.24) is 0 Å². The van der Waals surface area contributed by atoms with Gasteiger partial charge in [0.05, 0.1) is 11.0 Å². The first kappa shape index (κ1) is 14.4. The van der Waals surface area contributed by atoms with Crippen molar-refractivity contribution in [2.24, 2.45) is 5.14 Å². The minimum atomic E-state index is -3.74. The fraction of sp³-hybridized carbons (Fsp3) is 0.400. The zero-order valence-electron chi connectivity index (χ0n) is 8.95. The Morgan fingerprint density at radius 2 is 1.76 bits per heavy atom. The summed E-state index contributed by atoms with van der Waals surface area (Å²) >= 11 is 5.45. The van der Waals surface area contributed by atoms with E-state index in [1.807, 2.05) is 0 Å². The second-order valence-electron chi connectivity index (χ2n) is 3.60. The van der Waals surface area contributed by atoms with Gasteiger partial charge in [0, 0.05) is 5.88 Å². The molecule has 1 rings (SSSR count). The van der Waals surface area contributed by atoms with Crippen molar-refractivity contribution in [3.8, 4) is 0 Å². The van der Waals surface area contributed by atoms with Gasteiger partial charge in [0.1, 0.15) is 6.10 Å². The van der Waals surface area contributed by atoms with Crippen LogP contribution < -0.4 is 5.14 Å². The molecular formula is C10H14ClNO4S. The maximum absolute atomic E-state index is 11.0. The van der Waals surface area contributed by atoms with E-state index in [2.05, 4.69) is 0 Å². The molecular weight excluding hydrogens is 266 g/mol. The molecule has 2 unspecified atom stereocenters. The fourth-order valence-corrected chi connectivity index (χ4v) is 2.09. The van der Waals surface area contributed by atoms with Crippen molar-refractivity contribution < 1.29 is 18.6 Å². The summed E-state index contributed by atoms with van der Waals surface area (Å²) in [6.45, 7) is 0. The third-order valence-corrected chi connectivity index (χ3v) is 3.47. The van der Waals surface area contributed by atoms with E-state index < -0.39 is 22.2 Å². The fourth-order valence-electron chi connectivity index (χ4n) is 1.35. The molecule has 0 spiro atoms. The Morgan fingerprint density at radius 1 is 1.24 bits per heavy atom. The molecule has 2 atom stereocenters. The summed E-state index contributed by atoms with van der Waals surface area (Å²) in [6, 6.07) is 5.37. The highest BCUT2D eigenvalue weighted by Crippen LogP contribution is 2.20. The topological polar surface area (TPSA) is 101 Å². The SMILES string of the molecule is NS(=O)(=O)c1ccc(C(O)C(O)CCCl)cc1. The van der Waals surface area contributed by atoms with Crippen LogP contribution in [0.1, 0.15) is 18.1 Å². The van der Waals surface area contributed by atoms with Crippen molar-refractivity contribution in [1.29, 1.82) is 0 Å². The van der Waals surface area contributed by atoms with Gasteiger partial charge in [-0.25, -0.2) is 13.6 Å². The number of rotatable bonds is 5. The van der Waals surface area contributed by atoms with Gasteiger partial charge in [-0.15, -0.1) is 11.6 Å². The van der Waals surface area contributed by atoms with Crippen LogP contribution in [0.5, 0.6) is 0 Å². The monoisotopic (exact) mass is 279 g/mol. The van der Waals surface area contributed by atoms with Crippen LogP contribution in [-0.2, 0) is 10.0 Å². The van der Waals surface area contributed by atoms with E-state index in [0.29, 0.717) is 5.56 Å². The lowest BCUT2D eigenvalue weighted by molar-refractivity contribution is 0.0170. The average Bonchev–Trinajstić information content (AvgIpc) is 2.27. The van der Waals surface area contributed by atoms with Gasteiger partial charge in [0.15, 0.2) is 0 Å². The number of halogens is 1. The lowest BCUT2D eigenvalue weighted by Gasteiger charge is -2.17. The Labute approximate surface area is 105 Å². The number of alkyl halides is 1. The molecule has 0 saturated carbocycles. The Bertz CT molecular complexity index is 460. The molecule has 0 aliphatic heterocycles. The van der Waals surface area contributed by atoms with Crippen molar-refractivity contribution in [2.75, 3.05) is 5.88 Å². The molecule has 96 valence electrons. The number of hydrogen-bond donors (Lipinski definition) is 3. The smallest absolute Gasteiger partial charge is 0.238 e. The molecule has 7 heteroatoms. The van der Waals surface area contributed by atoms with Crippen molar-refractivity contribution in [3.05, 3.63) is 29.8 Å². The van der Waals surface area contributed by atoms with Crippen LogP contribution in [0.3, 0.4) is 0 Å². The number of sulfonamides is 1. The molecule has 0 amide bonds. The van der Waals surface area contributed by atoms with E-state index in [1.54, 1.807) is 0 Å². The van der Waals surface area contributed by atoms with Gasteiger partial charge in [0.25, 0.3) is 0 Å². The van der Waals surface area contributed by atoms with E-state index in [4.69, 9.17) is 16.7 Å². The largest absolute Gasteiger partial charge is 0.390 e. The summed E-state index contributed by atoms with van der Waals surface area (Å²) in [7, 11) is -3.74. The van der Waals surface area contributed by atoms with Gasteiger partial charge >= 0.3 is 0 Å². The molecule has 0 bridgehead atoms. The number of nitrogens with two attached hydrogens (primary N) is 1. The van der Waals surface area contributed by atoms with Crippen molar-refractivity contribution in [3.63, 3.8) is 0 Å². The summed E-state index contributed by atoms with van der Waals surface area (Å²) in [5.74, 6) is 0.230. The van der Waals surface area contributed by atoms with E-state index in [0.717, 1.165) is 0 Å². The second-order valence-corrected chi connectivity index (χ2v) is 5.54. The molecule has 0 aliphatic carbocycles. The second kappa shape index (κ2) is 5.79. The number of primary sulfonamides is 1. The Hall–Kier alpha value is -0.660. The highest BCUT2D eigenvalue weighted by Gasteiger charge is 2.18. The molecule has 0 aliphatic rings. The van der Waals surface area contributed by atoms with Gasteiger partial charge in [0.2, 0.25) is 10.0 Å². The normalized spacial score (nSPS) is 15.5. The van der Waals surface area contributed by atoms with Crippen molar-refractivity contribution >= 4 is 21.6 Å². The highest BCUT2D eigenvalue weighted by atomic mass is 35.5. The predicted molar refractivity (Wildman–Crippen MR) is 64.1 cm³/mol. The standard InChI is InChI=1S/C10H14ClNO4S/c11-6-5-9(13)10(14)7-1-3-8(4-2-7)17(12,15)16/h1-4,9-10,13-14H,5-6H2,(H2,12,15,16). The molecule has 0 radical (unpaired) electrons. The number of hydrogen-bond acceptors (Lipinski definition) is 4. The molecule has 0 saturated heterocycles. The maximum atomic E-state index is 11.0. The van der Waals surface area contributed by atoms with Crippen LogP contribution in [0.2, 0.25) is 0 Å². The molecule has 4 N–H and O–H groups in total. The summed E-state index contributed by atoms with van der Waals surface area (Å²) in [4.78, 5) is -0.0414. The zero-order valence-corrected chi connectivity index (χ0v) is 10.5. The predicted octanol–water partition coefficient (Wildman–Crippen LogP) is 0.357. The van der Waals surface area contributed by atoms with Gasteiger partial charge < -0.3 is 10.2 Å². The van der Waals surface area contributed by atoms with E-state index in [9.17, 15) is 18.6 Å². The van der Waals surface area contributed by atoms with Gasteiger partial charge in [-0.05, 0) is 24.1 Å². The van der Waals surface area contributed by atoms with Crippen molar-refractivity contribution in [2.45, 2.75) is 23.5 Å². The summed E-state index contributed by atoms with van der Waals surface area (Å²) in [6.07, 6.45) is -1.82. The molecule has 0 fully saturated rings. The minimum absolute atomic E-state index is 0.0414. The Kier molecular flexibility index (Phi) is 4.91. The lowest BCUT2D eigenvalue weighted by Crippen LogP contribution is -2.19. The maximum Gasteiger partial charge on any atom is 0.238 e. The molecule has 0 heterocycles. The summed E-state index contributed by atoms with van der Waals surface area (Å²) in [5.41, 5.74) is 0.412. The Balaban J connectivity index is 2.88. The van der Waals surface area contributed by atoms with Gasteiger partial charge in [-0.2, -0.15) is 0 Å². The molecule has 0 aromatic heterocycles. The number of benzene rings is 1. The quantitative estimate of drug-likeness (QED) is 0.677. The van der Waals surface area contributed by atoms with E-state index in [1.165, 1.54) is 24.3 Å². The summed E-state index contributed by atoms with van der Waals surface area (Å²) in [5, 5.41) is 24.2. The van der Waals surface area contributed by atoms with Gasteiger partial charge in [-0.3, -0.25) is 0 Å². The summed E-state index contributed by atoms with van der Waals surface area (Å²) < 4.78 is 22.0. The highest BCUT2D eigenvalue weighted by molar-refractivity contribution is 7.89. The third kappa shape index (κ3) is 3.93. The van der Waals surface area contributed by atoms with Crippen LogP contribution in [0.15, 0.2) is 29.2 Å². The first-order valence-electron chi connectivity index (χ1n) is 4.91. The first-order chi connectivity index (χ1) is 7.86. The average molecular weight is 280 g/mol. The third-order valence-electron chi connectivity index (χ3n) is 2.32. The van der Waals surface area contributed by atoms with Crippen LogP contribution in [0, 0.1) is 0 Å². The van der Waals surface area contributed by atoms with Crippen LogP contribution >= 0.6 is 11.6 Å². The van der Waals surface area contributed by atoms with E-state index in [-0.39, 0.29) is 17.2 Å². The lowest BCUT2D eigenvalue weighted by atomic mass is 10.0. The number of aliphatic hydroxyl groups excluding tert-OH is 2. The van der Waals surface area contributed by atoms with E-state index >= 15 is 0 Å². The van der Waals surface area contributed by atoms with Gasteiger partial charge in [-0.1, -0.05) is 12.1 Å².